The zero-order valence-corrected chi connectivity index (χ0v) is 17.6. The second-order valence-corrected chi connectivity index (χ2v) is 9.29. The normalized spacial score (nSPS) is 12.5. The Morgan fingerprint density at radius 2 is 1.90 bits per heavy atom. The van der Waals surface area contributed by atoms with E-state index in [9.17, 15) is 13.2 Å². The van der Waals surface area contributed by atoms with Crippen molar-refractivity contribution in [2.75, 3.05) is 5.32 Å². The quantitative estimate of drug-likeness (QED) is 0.554. The van der Waals surface area contributed by atoms with Gasteiger partial charge < -0.3 is 9.88 Å². The monoisotopic (exact) mass is 431 g/mol. The molecule has 10 heteroatoms. The maximum atomic E-state index is 12.6. The number of carbonyl (C=O) groups excluding carboxylic acids is 1. The Morgan fingerprint density at radius 3 is 2.59 bits per heavy atom. The van der Waals surface area contributed by atoms with Gasteiger partial charge in [-0.2, -0.15) is 0 Å². The van der Waals surface area contributed by atoms with Crippen LogP contribution in [0.3, 0.4) is 0 Å². The van der Waals surface area contributed by atoms with Crippen LogP contribution < -0.4 is 10.5 Å². The minimum Gasteiger partial charge on any atom is -0.325 e. The average molecular weight is 432 g/mol. The summed E-state index contributed by atoms with van der Waals surface area (Å²) in [7, 11) is -3.84. The van der Waals surface area contributed by atoms with Gasteiger partial charge in [0.25, 0.3) is 0 Å². The van der Waals surface area contributed by atoms with Crippen molar-refractivity contribution in [3.05, 3.63) is 66.0 Å². The summed E-state index contributed by atoms with van der Waals surface area (Å²) in [6, 6.07) is 15.7. The molecule has 2 aromatic carbocycles. The van der Waals surface area contributed by atoms with Gasteiger partial charge in [0.1, 0.15) is 5.82 Å². The van der Waals surface area contributed by atoms with Gasteiger partial charge in [0.15, 0.2) is 5.16 Å². The molecule has 3 rings (SSSR count). The maximum absolute atomic E-state index is 12.6. The third kappa shape index (κ3) is 5.43. The number of aromatic nitrogens is 3. The molecule has 8 nitrogen and oxygen atoms in total. The molecule has 0 aliphatic rings. The summed E-state index contributed by atoms with van der Waals surface area (Å²) in [6.45, 7) is 4.22. The minimum absolute atomic E-state index is 0.0613. The summed E-state index contributed by atoms with van der Waals surface area (Å²) in [5.41, 5.74) is 1.46. The van der Waals surface area contributed by atoms with Crippen LogP contribution in [0.4, 0.5) is 5.69 Å². The van der Waals surface area contributed by atoms with E-state index in [4.69, 9.17) is 5.14 Å². The number of nitrogens with two attached hydrogens (primary N) is 1. The Hall–Kier alpha value is -2.69. The van der Waals surface area contributed by atoms with Crippen LogP contribution in [0.15, 0.2) is 64.6 Å². The third-order valence-corrected chi connectivity index (χ3v) is 6.16. The van der Waals surface area contributed by atoms with Crippen LogP contribution in [0.2, 0.25) is 0 Å². The fourth-order valence-corrected chi connectivity index (χ4v) is 4.06. The summed E-state index contributed by atoms with van der Waals surface area (Å²) < 4.78 is 24.9. The molecular weight excluding hydrogens is 410 g/mol. The lowest BCUT2D eigenvalue weighted by molar-refractivity contribution is -0.115. The molecule has 1 unspecified atom stereocenters. The lowest BCUT2D eigenvalue weighted by Gasteiger charge is -2.13. The molecule has 0 radical (unpaired) electrons. The van der Waals surface area contributed by atoms with Gasteiger partial charge in [-0.3, -0.25) is 4.79 Å². The molecule has 0 saturated heterocycles. The van der Waals surface area contributed by atoms with Crippen LogP contribution in [0.5, 0.6) is 0 Å². The van der Waals surface area contributed by atoms with E-state index in [1.165, 1.54) is 30.0 Å². The van der Waals surface area contributed by atoms with Gasteiger partial charge in [-0.1, -0.05) is 48.2 Å². The van der Waals surface area contributed by atoms with E-state index in [1.54, 1.807) is 13.0 Å². The lowest BCUT2D eigenvalue weighted by atomic mass is 10.2. The third-order valence-electron chi connectivity index (χ3n) is 4.17. The van der Waals surface area contributed by atoms with Crippen LogP contribution in [-0.4, -0.2) is 34.3 Å². The molecule has 1 heterocycles. The standard InChI is InChI=1S/C19H21N5O3S2/c1-13(18(25)21-16-9-6-10-17(11-16)29(20,26)27)28-19-23-22-14(2)24(19)12-15-7-4-3-5-8-15/h3-11,13H,12H2,1-2H3,(H,21,25)(H2,20,26,27). The SMILES string of the molecule is Cc1nnc(SC(C)C(=O)Nc2cccc(S(N)(=O)=O)c2)n1Cc1ccccc1. The molecule has 1 amide bonds. The van der Waals surface area contributed by atoms with Crippen LogP contribution in [0, 0.1) is 6.92 Å². The minimum atomic E-state index is -3.84. The number of hydrogen-bond acceptors (Lipinski definition) is 6. The van der Waals surface area contributed by atoms with Crippen molar-refractivity contribution in [2.45, 2.75) is 35.7 Å². The number of thioether (sulfide) groups is 1. The Bertz CT molecular complexity index is 1110. The second-order valence-electron chi connectivity index (χ2n) is 6.42. The first-order valence-electron chi connectivity index (χ1n) is 8.78. The Morgan fingerprint density at radius 1 is 1.17 bits per heavy atom. The van der Waals surface area contributed by atoms with E-state index >= 15 is 0 Å². The highest BCUT2D eigenvalue weighted by Crippen LogP contribution is 2.24. The topological polar surface area (TPSA) is 120 Å². The number of sulfonamides is 1. The van der Waals surface area contributed by atoms with Gasteiger partial charge in [0, 0.05) is 5.69 Å². The number of nitrogens with zero attached hydrogens (tertiary/aromatic N) is 3. The molecule has 0 fully saturated rings. The predicted octanol–water partition coefficient (Wildman–Crippen LogP) is 2.40. The molecule has 3 N–H and O–H groups in total. The van der Waals surface area contributed by atoms with Gasteiger partial charge in [-0.25, -0.2) is 13.6 Å². The zero-order valence-electron chi connectivity index (χ0n) is 15.9. The number of anilines is 1. The predicted molar refractivity (Wildman–Crippen MR) is 112 cm³/mol. The molecule has 29 heavy (non-hydrogen) atoms. The maximum Gasteiger partial charge on any atom is 0.238 e. The fraction of sp³-hybridized carbons (Fsp3) is 0.211. The highest BCUT2D eigenvalue weighted by Gasteiger charge is 2.20. The van der Waals surface area contributed by atoms with Crippen molar-refractivity contribution in [1.29, 1.82) is 0 Å². The average Bonchev–Trinajstić information content (AvgIpc) is 3.02. The molecular formula is C19H21N5O3S2. The largest absolute Gasteiger partial charge is 0.325 e. The highest BCUT2D eigenvalue weighted by molar-refractivity contribution is 8.00. The number of amides is 1. The van der Waals surface area contributed by atoms with Gasteiger partial charge in [0.05, 0.1) is 16.7 Å². The number of primary sulfonamides is 1. The molecule has 0 aliphatic carbocycles. The Balaban J connectivity index is 1.71. The molecule has 3 aromatic rings. The zero-order chi connectivity index (χ0) is 21.0. The van der Waals surface area contributed by atoms with Crippen LogP contribution in [-0.2, 0) is 21.4 Å². The first kappa shape index (κ1) is 21.0. The molecule has 0 saturated carbocycles. The number of aryl methyl sites for hydroxylation is 1. The molecule has 0 bridgehead atoms. The molecule has 1 atom stereocenters. The van der Waals surface area contributed by atoms with E-state index < -0.39 is 15.3 Å². The van der Waals surface area contributed by atoms with E-state index in [2.05, 4.69) is 15.5 Å². The first-order valence-corrected chi connectivity index (χ1v) is 11.2. The van der Waals surface area contributed by atoms with Gasteiger partial charge in [-0.15, -0.1) is 10.2 Å². The van der Waals surface area contributed by atoms with Crippen molar-refractivity contribution in [3.8, 4) is 0 Å². The number of nitrogens with one attached hydrogen (secondary N) is 1. The van der Waals surface area contributed by atoms with Gasteiger partial charge in [0.2, 0.25) is 15.9 Å². The molecule has 0 spiro atoms. The van der Waals surface area contributed by atoms with Crippen molar-refractivity contribution in [3.63, 3.8) is 0 Å². The summed E-state index contributed by atoms with van der Waals surface area (Å²) >= 11 is 1.28. The first-order chi connectivity index (χ1) is 13.7. The van der Waals surface area contributed by atoms with Crippen molar-refractivity contribution in [1.82, 2.24) is 14.8 Å². The highest BCUT2D eigenvalue weighted by atomic mass is 32.2. The van der Waals surface area contributed by atoms with Crippen molar-refractivity contribution >= 4 is 33.4 Å². The van der Waals surface area contributed by atoms with E-state index in [-0.39, 0.29) is 10.8 Å². The smallest absolute Gasteiger partial charge is 0.238 e. The summed E-state index contributed by atoms with van der Waals surface area (Å²) in [4.78, 5) is 12.5. The summed E-state index contributed by atoms with van der Waals surface area (Å²) in [6.07, 6.45) is 0. The number of hydrogen-bond donors (Lipinski definition) is 2. The second kappa shape index (κ2) is 8.76. The van der Waals surface area contributed by atoms with E-state index in [0.717, 1.165) is 11.4 Å². The number of carbonyl (C=O) groups is 1. The van der Waals surface area contributed by atoms with E-state index in [0.29, 0.717) is 17.4 Å². The van der Waals surface area contributed by atoms with Crippen molar-refractivity contribution in [2.24, 2.45) is 5.14 Å². The molecule has 1 aromatic heterocycles. The Labute approximate surface area is 173 Å². The lowest BCUT2D eigenvalue weighted by Crippen LogP contribution is -2.23. The Kier molecular flexibility index (Phi) is 6.36. The molecule has 152 valence electrons. The van der Waals surface area contributed by atoms with Crippen LogP contribution >= 0.6 is 11.8 Å². The van der Waals surface area contributed by atoms with Gasteiger partial charge >= 0.3 is 0 Å². The summed E-state index contributed by atoms with van der Waals surface area (Å²) in [5, 5.41) is 16.3. The van der Waals surface area contributed by atoms with Crippen LogP contribution in [0.1, 0.15) is 18.3 Å². The summed E-state index contributed by atoms with van der Waals surface area (Å²) in [5.74, 6) is 0.471. The van der Waals surface area contributed by atoms with Crippen LogP contribution in [0.25, 0.3) is 0 Å². The van der Waals surface area contributed by atoms with Crippen molar-refractivity contribution < 1.29 is 13.2 Å². The fourth-order valence-electron chi connectivity index (χ4n) is 2.60. The number of rotatable bonds is 7. The number of benzene rings is 2. The van der Waals surface area contributed by atoms with Gasteiger partial charge in [-0.05, 0) is 37.6 Å². The van der Waals surface area contributed by atoms with E-state index in [1.807, 2.05) is 41.8 Å². The molecule has 0 aliphatic heterocycles.